The van der Waals surface area contributed by atoms with Crippen molar-refractivity contribution in [3.8, 4) is 10.6 Å². The van der Waals surface area contributed by atoms with E-state index in [1.165, 1.54) is 11.7 Å². The number of nitrogens with zero attached hydrogens (tertiary/aromatic N) is 2. The number of halogens is 4. The Morgan fingerprint density at radius 2 is 2.11 bits per heavy atom. The van der Waals surface area contributed by atoms with E-state index in [0.717, 1.165) is 17.4 Å². The van der Waals surface area contributed by atoms with Gasteiger partial charge in [-0.15, -0.1) is 11.3 Å². The van der Waals surface area contributed by atoms with Crippen molar-refractivity contribution < 1.29 is 17.6 Å². The fourth-order valence-corrected chi connectivity index (χ4v) is 2.42. The van der Waals surface area contributed by atoms with Crippen LogP contribution in [0.5, 0.6) is 0 Å². The van der Waals surface area contributed by atoms with Crippen molar-refractivity contribution in [2.75, 3.05) is 6.67 Å². The molecule has 2 aromatic heterocycles. The van der Waals surface area contributed by atoms with Crippen LogP contribution in [0.3, 0.4) is 0 Å². The molecule has 2 aromatic rings. The van der Waals surface area contributed by atoms with Crippen molar-refractivity contribution >= 4 is 11.3 Å². The maximum Gasteiger partial charge on any atom is 0.435 e. The molecule has 97 valence electrons. The fourth-order valence-electron chi connectivity index (χ4n) is 1.53. The molecule has 0 unspecified atom stereocenters. The minimum absolute atomic E-state index is 0.223. The zero-order valence-electron chi connectivity index (χ0n) is 9.38. The predicted octanol–water partition coefficient (Wildman–Crippen LogP) is 3.48. The van der Waals surface area contributed by atoms with Crippen molar-refractivity contribution in [1.29, 1.82) is 0 Å². The molecule has 0 saturated carbocycles. The van der Waals surface area contributed by atoms with Gasteiger partial charge in [0.1, 0.15) is 0 Å². The second-order valence-corrected chi connectivity index (χ2v) is 4.56. The SMILES string of the molecule is Cn1nc(C(F)(F)F)cc1-c1cc(CCF)[c]s1. The molecular weight excluding hydrogens is 268 g/mol. The van der Waals surface area contributed by atoms with E-state index in [9.17, 15) is 17.6 Å². The Hall–Kier alpha value is -1.37. The molecule has 0 bridgehead atoms. The van der Waals surface area contributed by atoms with Crippen molar-refractivity contribution in [3.05, 3.63) is 28.8 Å². The number of hydrogen-bond donors (Lipinski definition) is 0. The minimum Gasteiger partial charge on any atom is -0.267 e. The standard InChI is InChI=1S/C11H9F4N2S/c1-17-8(5-10(16-17)11(13,14)15)9-4-7(2-3-12)6-18-9/h4-5H,2-3H2,1H3. The second kappa shape index (κ2) is 4.72. The molecule has 0 aliphatic rings. The van der Waals surface area contributed by atoms with Gasteiger partial charge in [0.05, 0.1) is 17.2 Å². The molecule has 2 nitrogen and oxygen atoms in total. The first kappa shape index (κ1) is 13.1. The van der Waals surface area contributed by atoms with Crippen LogP contribution in [0.25, 0.3) is 10.6 Å². The van der Waals surface area contributed by atoms with E-state index in [1.807, 2.05) is 0 Å². The van der Waals surface area contributed by atoms with Crippen LogP contribution >= 0.6 is 11.3 Å². The molecule has 1 radical (unpaired) electrons. The number of hydrogen-bond acceptors (Lipinski definition) is 2. The van der Waals surface area contributed by atoms with Gasteiger partial charge in [0, 0.05) is 18.8 Å². The van der Waals surface area contributed by atoms with Gasteiger partial charge in [-0.1, -0.05) is 0 Å². The Bertz CT molecular complexity index is 541. The molecule has 0 fully saturated rings. The average molecular weight is 277 g/mol. The summed E-state index contributed by atoms with van der Waals surface area (Å²) in [6.45, 7) is -0.508. The third-order valence-corrected chi connectivity index (χ3v) is 3.30. The molecule has 0 aliphatic carbocycles. The largest absolute Gasteiger partial charge is 0.435 e. The summed E-state index contributed by atoms with van der Waals surface area (Å²) in [4.78, 5) is 0.601. The number of aromatic nitrogens is 2. The van der Waals surface area contributed by atoms with E-state index in [-0.39, 0.29) is 6.42 Å². The molecule has 18 heavy (non-hydrogen) atoms. The first-order chi connectivity index (χ1) is 8.41. The van der Waals surface area contributed by atoms with Crippen molar-refractivity contribution in [3.63, 3.8) is 0 Å². The fraction of sp³-hybridized carbons (Fsp3) is 0.364. The van der Waals surface area contributed by atoms with Crippen molar-refractivity contribution in [2.45, 2.75) is 12.6 Å². The van der Waals surface area contributed by atoms with Gasteiger partial charge in [-0.25, -0.2) is 0 Å². The molecule has 7 heteroatoms. The highest BCUT2D eigenvalue weighted by atomic mass is 32.1. The highest BCUT2D eigenvalue weighted by Crippen LogP contribution is 2.33. The average Bonchev–Trinajstić information content (AvgIpc) is 2.84. The third kappa shape index (κ3) is 2.55. The lowest BCUT2D eigenvalue weighted by molar-refractivity contribution is -0.141. The van der Waals surface area contributed by atoms with Crippen LogP contribution in [0.15, 0.2) is 12.1 Å². The quantitative estimate of drug-likeness (QED) is 0.785. The second-order valence-electron chi connectivity index (χ2n) is 3.71. The van der Waals surface area contributed by atoms with E-state index >= 15 is 0 Å². The molecule has 0 N–H and O–H groups in total. The monoisotopic (exact) mass is 277 g/mol. The zero-order chi connectivity index (χ0) is 13.3. The van der Waals surface area contributed by atoms with Crippen molar-refractivity contribution in [2.24, 2.45) is 7.05 Å². The van der Waals surface area contributed by atoms with Crippen LogP contribution in [-0.4, -0.2) is 16.5 Å². The van der Waals surface area contributed by atoms with Crippen molar-refractivity contribution in [1.82, 2.24) is 9.78 Å². The van der Waals surface area contributed by atoms with Gasteiger partial charge >= 0.3 is 6.18 Å². The third-order valence-electron chi connectivity index (χ3n) is 2.38. The first-order valence-corrected chi connectivity index (χ1v) is 5.91. The summed E-state index contributed by atoms with van der Waals surface area (Å²) in [6, 6.07) is 2.63. The van der Waals surface area contributed by atoms with Crippen LogP contribution in [0.1, 0.15) is 11.3 Å². The summed E-state index contributed by atoms with van der Waals surface area (Å²) >= 11 is 1.16. The molecule has 2 heterocycles. The summed E-state index contributed by atoms with van der Waals surface area (Å²) < 4.78 is 50.8. The van der Waals surface area contributed by atoms with E-state index in [1.54, 1.807) is 6.07 Å². The van der Waals surface area contributed by atoms with Crippen LogP contribution in [0.4, 0.5) is 17.6 Å². The molecule has 0 spiro atoms. The number of aryl methyl sites for hydroxylation is 2. The lowest BCUT2D eigenvalue weighted by Crippen LogP contribution is -2.06. The Labute approximate surface area is 105 Å². The van der Waals surface area contributed by atoms with Gasteiger partial charge in [0.15, 0.2) is 5.69 Å². The molecule has 0 aliphatic heterocycles. The molecule has 0 amide bonds. The number of rotatable bonds is 3. The number of alkyl halides is 4. The van der Waals surface area contributed by atoms with Gasteiger partial charge in [-0.2, -0.15) is 18.3 Å². The molecule has 0 aromatic carbocycles. The molecular formula is C11H9F4N2S. The number of thiophene rings is 1. The maximum absolute atomic E-state index is 12.5. The molecule has 0 saturated heterocycles. The first-order valence-electron chi connectivity index (χ1n) is 5.10. The van der Waals surface area contributed by atoms with Crippen LogP contribution < -0.4 is 0 Å². The predicted molar refractivity (Wildman–Crippen MR) is 60.0 cm³/mol. The molecule has 0 atom stereocenters. The summed E-state index contributed by atoms with van der Waals surface area (Å²) in [6.07, 6.45) is -4.24. The van der Waals surface area contributed by atoms with E-state index in [4.69, 9.17) is 0 Å². The van der Waals surface area contributed by atoms with Gasteiger partial charge < -0.3 is 0 Å². The minimum atomic E-state index is -4.46. The molecule has 2 rings (SSSR count). The van der Waals surface area contributed by atoms with E-state index < -0.39 is 18.5 Å². The van der Waals surface area contributed by atoms with E-state index in [2.05, 4.69) is 10.5 Å². The van der Waals surface area contributed by atoms with Gasteiger partial charge in [-0.05, 0) is 17.7 Å². The van der Waals surface area contributed by atoms with Crippen LogP contribution in [0.2, 0.25) is 0 Å². The van der Waals surface area contributed by atoms with E-state index in [0.29, 0.717) is 16.1 Å². The Balaban J connectivity index is 2.35. The highest BCUT2D eigenvalue weighted by Gasteiger charge is 2.34. The lowest BCUT2D eigenvalue weighted by Gasteiger charge is -1.98. The maximum atomic E-state index is 12.5. The Morgan fingerprint density at radius 1 is 1.39 bits per heavy atom. The Morgan fingerprint density at radius 3 is 2.67 bits per heavy atom. The van der Waals surface area contributed by atoms with Crippen LogP contribution in [-0.2, 0) is 19.6 Å². The summed E-state index contributed by atoms with van der Waals surface area (Å²) in [7, 11) is 1.44. The van der Waals surface area contributed by atoms with Gasteiger partial charge in [0.2, 0.25) is 0 Å². The Kier molecular flexibility index (Phi) is 3.43. The van der Waals surface area contributed by atoms with Gasteiger partial charge in [0.25, 0.3) is 0 Å². The normalized spacial score (nSPS) is 12.1. The smallest absolute Gasteiger partial charge is 0.267 e. The van der Waals surface area contributed by atoms with Gasteiger partial charge in [-0.3, -0.25) is 9.07 Å². The zero-order valence-corrected chi connectivity index (χ0v) is 10.2. The topological polar surface area (TPSA) is 17.8 Å². The highest BCUT2D eigenvalue weighted by molar-refractivity contribution is 7.13. The van der Waals surface area contributed by atoms with Crippen LogP contribution in [0, 0.1) is 5.38 Å². The summed E-state index contributed by atoms with van der Waals surface area (Å²) in [5, 5.41) is 6.28. The lowest BCUT2D eigenvalue weighted by atomic mass is 10.2. The summed E-state index contributed by atoms with van der Waals surface area (Å²) in [5.74, 6) is 0. The summed E-state index contributed by atoms with van der Waals surface area (Å²) in [5.41, 5.74) is 0.0846.